The Morgan fingerprint density at radius 3 is 2.57 bits per heavy atom. The van der Waals surface area contributed by atoms with Gasteiger partial charge < -0.3 is 15.1 Å². The summed E-state index contributed by atoms with van der Waals surface area (Å²) in [6.07, 6.45) is -4.78. The third kappa shape index (κ3) is 3.48. The Labute approximate surface area is 117 Å². The molecule has 9 heteroatoms. The first-order valence-corrected chi connectivity index (χ1v) is 5.95. The summed E-state index contributed by atoms with van der Waals surface area (Å²) < 4.78 is 56.2. The average Bonchev–Trinajstić information content (AvgIpc) is 2.87. The Balaban J connectivity index is 2.22. The molecule has 0 fully saturated rings. The number of benzene rings is 1. The van der Waals surface area contributed by atoms with Gasteiger partial charge in [-0.2, -0.15) is 13.2 Å². The van der Waals surface area contributed by atoms with Crippen LogP contribution in [0.4, 0.5) is 29.3 Å². The molecule has 0 saturated carbocycles. The Morgan fingerprint density at radius 1 is 1.24 bits per heavy atom. The maximum absolute atomic E-state index is 13.2. The lowest BCUT2D eigenvalue weighted by Gasteiger charge is -2.10. The van der Waals surface area contributed by atoms with Gasteiger partial charge >= 0.3 is 12.2 Å². The van der Waals surface area contributed by atoms with Crippen molar-refractivity contribution in [3.63, 3.8) is 0 Å². The van der Waals surface area contributed by atoms with Crippen LogP contribution in [0.3, 0.4) is 0 Å². The van der Waals surface area contributed by atoms with Crippen molar-refractivity contribution < 1.29 is 22.0 Å². The van der Waals surface area contributed by atoms with Gasteiger partial charge in [0.25, 0.3) is 0 Å². The standard InChI is InChI=1S/C12H12F4N4O/c1-6(17-2)10-19-20-11(21-10)18-7-3-4-9(13)8(5-7)12(14,15)16/h3-6,17H,1-2H3,(H,18,20). The summed E-state index contributed by atoms with van der Waals surface area (Å²) in [5.74, 6) is -1.07. The molecular formula is C12H12F4N4O. The van der Waals surface area contributed by atoms with E-state index >= 15 is 0 Å². The van der Waals surface area contributed by atoms with Gasteiger partial charge in [0.1, 0.15) is 5.82 Å². The summed E-state index contributed by atoms with van der Waals surface area (Å²) in [5, 5.41) is 12.8. The number of rotatable bonds is 4. The highest BCUT2D eigenvalue weighted by atomic mass is 19.4. The number of aromatic nitrogens is 2. The Bertz CT molecular complexity index is 626. The number of hydrogen-bond donors (Lipinski definition) is 2. The molecule has 0 aliphatic rings. The highest BCUT2D eigenvalue weighted by Gasteiger charge is 2.34. The van der Waals surface area contributed by atoms with Gasteiger partial charge in [-0.05, 0) is 32.2 Å². The SMILES string of the molecule is CNC(C)c1nnc(Nc2ccc(F)c(C(F)(F)F)c2)o1. The first kappa shape index (κ1) is 15.2. The minimum atomic E-state index is -4.78. The van der Waals surface area contributed by atoms with Gasteiger partial charge in [-0.25, -0.2) is 4.39 Å². The van der Waals surface area contributed by atoms with Crippen LogP contribution in [0.25, 0.3) is 0 Å². The number of nitrogens with one attached hydrogen (secondary N) is 2. The van der Waals surface area contributed by atoms with Crippen molar-refractivity contribution >= 4 is 11.7 Å². The average molecular weight is 304 g/mol. The fraction of sp³-hybridized carbons (Fsp3) is 0.333. The van der Waals surface area contributed by atoms with Crippen molar-refractivity contribution in [3.05, 3.63) is 35.5 Å². The number of hydrogen-bond acceptors (Lipinski definition) is 5. The summed E-state index contributed by atoms with van der Waals surface area (Å²) in [5.41, 5.74) is -1.37. The molecule has 2 aromatic rings. The summed E-state index contributed by atoms with van der Waals surface area (Å²) in [6.45, 7) is 1.77. The van der Waals surface area contributed by atoms with Gasteiger partial charge in [0.2, 0.25) is 5.89 Å². The second kappa shape index (κ2) is 5.68. The molecule has 1 unspecified atom stereocenters. The topological polar surface area (TPSA) is 63.0 Å². The zero-order valence-electron chi connectivity index (χ0n) is 11.1. The van der Waals surface area contributed by atoms with Crippen LogP contribution in [0.2, 0.25) is 0 Å². The van der Waals surface area contributed by atoms with Gasteiger partial charge in [-0.1, -0.05) is 5.10 Å². The molecule has 0 spiro atoms. The van der Waals surface area contributed by atoms with Crippen LogP contribution in [0.1, 0.15) is 24.4 Å². The van der Waals surface area contributed by atoms with Crippen molar-refractivity contribution in [3.8, 4) is 0 Å². The van der Waals surface area contributed by atoms with E-state index in [4.69, 9.17) is 4.42 Å². The molecule has 1 aromatic carbocycles. The van der Waals surface area contributed by atoms with Gasteiger partial charge in [0, 0.05) is 5.69 Å². The highest BCUT2D eigenvalue weighted by Crippen LogP contribution is 2.33. The quantitative estimate of drug-likeness (QED) is 0.849. The molecule has 0 radical (unpaired) electrons. The Morgan fingerprint density at radius 2 is 1.95 bits per heavy atom. The van der Waals surface area contributed by atoms with E-state index in [0.717, 1.165) is 12.1 Å². The molecule has 0 saturated heterocycles. The molecular weight excluding hydrogens is 292 g/mol. The van der Waals surface area contributed by atoms with Crippen LogP contribution in [-0.2, 0) is 6.18 Å². The van der Waals surface area contributed by atoms with Crippen molar-refractivity contribution in [2.75, 3.05) is 12.4 Å². The normalized spacial score (nSPS) is 13.2. The predicted molar refractivity (Wildman–Crippen MR) is 66.5 cm³/mol. The largest absolute Gasteiger partial charge is 0.419 e. The van der Waals surface area contributed by atoms with Gasteiger partial charge in [-0.15, -0.1) is 5.10 Å². The molecule has 1 atom stereocenters. The van der Waals surface area contributed by atoms with Gasteiger partial charge in [-0.3, -0.25) is 0 Å². The van der Waals surface area contributed by atoms with Crippen LogP contribution in [-0.4, -0.2) is 17.2 Å². The Kier molecular flexibility index (Phi) is 4.12. The molecule has 114 valence electrons. The van der Waals surface area contributed by atoms with Crippen molar-refractivity contribution in [1.29, 1.82) is 0 Å². The second-order valence-electron chi connectivity index (χ2n) is 4.27. The molecule has 0 amide bonds. The lowest BCUT2D eigenvalue weighted by Crippen LogP contribution is -2.12. The van der Waals surface area contributed by atoms with Gasteiger partial charge in [0.05, 0.1) is 11.6 Å². The van der Waals surface area contributed by atoms with Crippen LogP contribution in [0, 0.1) is 5.82 Å². The summed E-state index contributed by atoms with van der Waals surface area (Å²) >= 11 is 0. The van der Waals surface area contributed by atoms with E-state index in [-0.39, 0.29) is 23.6 Å². The van der Waals surface area contributed by atoms with Crippen LogP contribution < -0.4 is 10.6 Å². The van der Waals surface area contributed by atoms with E-state index in [0.29, 0.717) is 6.07 Å². The fourth-order valence-electron chi connectivity index (χ4n) is 1.53. The first-order valence-electron chi connectivity index (χ1n) is 5.95. The van der Waals surface area contributed by atoms with Gasteiger partial charge in [0.15, 0.2) is 0 Å². The second-order valence-corrected chi connectivity index (χ2v) is 4.27. The molecule has 0 bridgehead atoms. The third-order valence-electron chi connectivity index (χ3n) is 2.77. The zero-order chi connectivity index (χ0) is 15.6. The molecule has 1 aromatic heterocycles. The maximum Gasteiger partial charge on any atom is 0.419 e. The highest BCUT2D eigenvalue weighted by molar-refractivity contribution is 5.53. The van der Waals surface area contributed by atoms with E-state index in [2.05, 4.69) is 20.8 Å². The predicted octanol–water partition coefficient (Wildman–Crippen LogP) is 3.25. The smallest absolute Gasteiger partial charge is 0.406 e. The molecule has 21 heavy (non-hydrogen) atoms. The fourth-order valence-corrected chi connectivity index (χ4v) is 1.53. The number of alkyl halides is 3. The van der Waals surface area contributed by atoms with E-state index in [1.165, 1.54) is 0 Å². The van der Waals surface area contributed by atoms with Crippen LogP contribution in [0.5, 0.6) is 0 Å². The number of halogens is 4. The summed E-state index contributed by atoms with van der Waals surface area (Å²) in [4.78, 5) is 0. The van der Waals surface area contributed by atoms with Crippen LogP contribution >= 0.6 is 0 Å². The minimum absolute atomic E-state index is 0.00367. The van der Waals surface area contributed by atoms with E-state index in [1.54, 1.807) is 14.0 Å². The lowest BCUT2D eigenvalue weighted by atomic mass is 10.2. The molecule has 1 heterocycles. The van der Waals surface area contributed by atoms with Crippen molar-refractivity contribution in [2.24, 2.45) is 0 Å². The Hall–Kier alpha value is -2.16. The monoisotopic (exact) mass is 304 g/mol. The van der Waals surface area contributed by atoms with E-state index in [9.17, 15) is 17.6 Å². The molecule has 5 nitrogen and oxygen atoms in total. The summed E-state index contributed by atoms with van der Waals surface area (Å²) in [7, 11) is 1.69. The number of anilines is 2. The molecule has 2 N–H and O–H groups in total. The molecule has 2 rings (SSSR count). The molecule has 0 aliphatic heterocycles. The van der Waals surface area contributed by atoms with E-state index < -0.39 is 17.6 Å². The third-order valence-corrected chi connectivity index (χ3v) is 2.77. The van der Waals surface area contributed by atoms with Crippen molar-refractivity contribution in [2.45, 2.75) is 19.1 Å². The lowest BCUT2D eigenvalue weighted by molar-refractivity contribution is -0.139. The maximum atomic E-state index is 13.2. The molecule has 0 aliphatic carbocycles. The summed E-state index contributed by atoms with van der Waals surface area (Å²) in [6, 6.07) is 2.23. The zero-order valence-corrected chi connectivity index (χ0v) is 11.1. The number of nitrogens with zero attached hydrogens (tertiary/aromatic N) is 2. The minimum Gasteiger partial charge on any atom is -0.406 e. The van der Waals surface area contributed by atoms with Crippen LogP contribution in [0.15, 0.2) is 22.6 Å². The van der Waals surface area contributed by atoms with Crippen molar-refractivity contribution in [1.82, 2.24) is 15.5 Å². The first-order chi connectivity index (χ1) is 9.81. The van der Waals surface area contributed by atoms with E-state index in [1.807, 2.05) is 0 Å².